The highest BCUT2D eigenvalue weighted by Gasteiger charge is 2.15. The minimum Gasteiger partial charge on any atom is -0.348 e. The molecule has 0 aromatic heterocycles. The average Bonchev–Trinajstić information content (AvgIpc) is 2.67. The van der Waals surface area contributed by atoms with Crippen molar-refractivity contribution in [3.63, 3.8) is 0 Å². The molecular formula is C20H16Cl2N2O3S. The molecule has 144 valence electrons. The van der Waals surface area contributed by atoms with Crippen LogP contribution in [0.2, 0.25) is 10.0 Å². The number of carbonyl (C=O) groups is 1. The molecule has 1 amide bonds. The van der Waals surface area contributed by atoms with Crippen molar-refractivity contribution in [3.8, 4) is 0 Å². The molecule has 3 aromatic carbocycles. The van der Waals surface area contributed by atoms with Gasteiger partial charge in [0.1, 0.15) is 0 Å². The maximum Gasteiger partial charge on any atom is 0.261 e. The van der Waals surface area contributed by atoms with E-state index in [1.807, 2.05) is 18.2 Å². The highest BCUT2D eigenvalue weighted by molar-refractivity contribution is 7.92. The Hall–Kier alpha value is -2.54. The summed E-state index contributed by atoms with van der Waals surface area (Å²) in [5, 5.41) is 3.77. The number of anilines is 1. The molecule has 0 spiro atoms. The van der Waals surface area contributed by atoms with Crippen molar-refractivity contribution < 1.29 is 13.2 Å². The molecule has 0 unspecified atom stereocenters. The number of sulfonamides is 1. The van der Waals surface area contributed by atoms with Gasteiger partial charge in [-0.15, -0.1) is 0 Å². The first-order valence-corrected chi connectivity index (χ1v) is 10.5. The molecule has 0 radical (unpaired) electrons. The average molecular weight is 435 g/mol. The summed E-state index contributed by atoms with van der Waals surface area (Å²) < 4.78 is 27.4. The standard InChI is InChI=1S/C20H16Cl2N2O3S/c21-16-8-10-18(11-9-16)28(26,27)24-17-6-3-5-14(12-17)20(25)23-13-15-4-1-2-7-19(15)22/h1-12,24H,13H2,(H,23,25). The van der Waals surface area contributed by atoms with Gasteiger partial charge in [0, 0.05) is 27.8 Å². The van der Waals surface area contributed by atoms with Gasteiger partial charge in [0.05, 0.1) is 4.90 Å². The molecule has 0 aliphatic heterocycles. The van der Waals surface area contributed by atoms with Crippen LogP contribution in [0.25, 0.3) is 0 Å². The predicted octanol–water partition coefficient (Wildman–Crippen LogP) is 4.72. The second kappa shape index (κ2) is 8.65. The van der Waals surface area contributed by atoms with Crippen LogP contribution in [0.3, 0.4) is 0 Å². The highest BCUT2D eigenvalue weighted by Crippen LogP contribution is 2.19. The largest absolute Gasteiger partial charge is 0.348 e. The van der Waals surface area contributed by atoms with Crippen LogP contribution in [-0.2, 0) is 16.6 Å². The molecule has 3 aromatic rings. The monoisotopic (exact) mass is 434 g/mol. The van der Waals surface area contributed by atoms with Crippen LogP contribution in [0.1, 0.15) is 15.9 Å². The van der Waals surface area contributed by atoms with Gasteiger partial charge >= 0.3 is 0 Å². The topological polar surface area (TPSA) is 75.3 Å². The lowest BCUT2D eigenvalue weighted by Crippen LogP contribution is -2.23. The van der Waals surface area contributed by atoms with E-state index >= 15 is 0 Å². The Kier molecular flexibility index (Phi) is 6.24. The van der Waals surface area contributed by atoms with E-state index in [2.05, 4.69) is 10.0 Å². The Bertz CT molecular complexity index is 1100. The minimum absolute atomic E-state index is 0.0745. The van der Waals surface area contributed by atoms with Crippen LogP contribution in [0.15, 0.2) is 77.7 Å². The Morgan fingerprint density at radius 1 is 0.893 bits per heavy atom. The van der Waals surface area contributed by atoms with Crippen LogP contribution in [0.5, 0.6) is 0 Å². The first-order chi connectivity index (χ1) is 13.3. The van der Waals surface area contributed by atoms with E-state index in [9.17, 15) is 13.2 Å². The van der Waals surface area contributed by atoms with E-state index in [1.165, 1.54) is 30.3 Å². The number of nitrogens with one attached hydrogen (secondary N) is 2. The molecule has 0 heterocycles. The van der Waals surface area contributed by atoms with Crippen LogP contribution in [-0.4, -0.2) is 14.3 Å². The molecule has 28 heavy (non-hydrogen) atoms. The number of carbonyl (C=O) groups excluding carboxylic acids is 1. The van der Waals surface area contributed by atoms with Crippen LogP contribution in [0, 0.1) is 0 Å². The van der Waals surface area contributed by atoms with Crippen molar-refractivity contribution in [1.82, 2.24) is 5.32 Å². The quantitative estimate of drug-likeness (QED) is 0.588. The summed E-state index contributed by atoms with van der Waals surface area (Å²) in [7, 11) is -3.79. The molecule has 3 rings (SSSR count). The van der Waals surface area contributed by atoms with Gasteiger partial charge in [-0.3, -0.25) is 9.52 Å². The van der Waals surface area contributed by atoms with Crippen LogP contribution >= 0.6 is 23.2 Å². The molecule has 0 aliphatic rings. The molecule has 0 saturated carbocycles. The van der Waals surface area contributed by atoms with Gasteiger partial charge in [-0.2, -0.15) is 0 Å². The summed E-state index contributed by atoms with van der Waals surface area (Å²) in [5.41, 5.74) is 1.39. The zero-order valence-corrected chi connectivity index (χ0v) is 16.9. The number of benzene rings is 3. The fourth-order valence-electron chi connectivity index (χ4n) is 2.47. The fourth-order valence-corrected chi connectivity index (χ4v) is 3.85. The number of hydrogen-bond donors (Lipinski definition) is 2. The van der Waals surface area contributed by atoms with Gasteiger partial charge in [0.15, 0.2) is 0 Å². The molecular weight excluding hydrogens is 419 g/mol. The summed E-state index contributed by atoms with van der Waals surface area (Å²) in [4.78, 5) is 12.5. The first kappa shape index (κ1) is 20.2. The minimum atomic E-state index is -3.79. The molecule has 5 nitrogen and oxygen atoms in total. The van der Waals surface area contributed by atoms with E-state index < -0.39 is 10.0 Å². The van der Waals surface area contributed by atoms with Crippen molar-refractivity contribution >= 4 is 44.8 Å². The lowest BCUT2D eigenvalue weighted by Gasteiger charge is -2.10. The van der Waals surface area contributed by atoms with Crippen molar-refractivity contribution in [2.45, 2.75) is 11.4 Å². The van der Waals surface area contributed by atoms with Gasteiger partial charge in [-0.1, -0.05) is 47.5 Å². The van der Waals surface area contributed by atoms with E-state index in [1.54, 1.807) is 24.3 Å². The van der Waals surface area contributed by atoms with Gasteiger partial charge in [-0.25, -0.2) is 8.42 Å². The Balaban J connectivity index is 1.72. The Morgan fingerprint density at radius 2 is 1.61 bits per heavy atom. The molecule has 0 atom stereocenters. The maximum atomic E-state index is 12.5. The van der Waals surface area contributed by atoms with E-state index in [0.29, 0.717) is 15.6 Å². The number of hydrogen-bond acceptors (Lipinski definition) is 3. The van der Waals surface area contributed by atoms with Gasteiger partial charge in [0.25, 0.3) is 15.9 Å². The summed E-state index contributed by atoms with van der Waals surface area (Å²) in [5.74, 6) is -0.340. The SMILES string of the molecule is O=C(NCc1ccccc1Cl)c1cccc(NS(=O)(=O)c2ccc(Cl)cc2)c1. The normalized spacial score (nSPS) is 11.1. The zero-order valence-electron chi connectivity index (χ0n) is 14.5. The molecule has 0 bridgehead atoms. The summed E-state index contributed by atoms with van der Waals surface area (Å²) in [6, 6.07) is 19.2. The third-order valence-electron chi connectivity index (χ3n) is 3.90. The van der Waals surface area contributed by atoms with E-state index in [-0.39, 0.29) is 23.0 Å². The third kappa shape index (κ3) is 5.04. The number of halogens is 2. The second-order valence-electron chi connectivity index (χ2n) is 5.91. The fraction of sp³-hybridized carbons (Fsp3) is 0.0500. The van der Waals surface area contributed by atoms with Crippen LogP contribution < -0.4 is 10.0 Å². The van der Waals surface area contributed by atoms with Crippen molar-refractivity contribution in [1.29, 1.82) is 0 Å². The predicted molar refractivity (Wildman–Crippen MR) is 111 cm³/mol. The summed E-state index contributed by atoms with van der Waals surface area (Å²) in [6.45, 7) is 0.263. The van der Waals surface area contributed by atoms with Gasteiger partial charge < -0.3 is 5.32 Å². The maximum absolute atomic E-state index is 12.5. The molecule has 0 fully saturated rings. The van der Waals surface area contributed by atoms with Crippen molar-refractivity contribution in [3.05, 3.63) is 94.0 Å². The second-order valence-corrected chi connectivity index (χ2v) is 8.44. The molecule has 0 aliphatic carbocycles. The summed E-state index contributed by atoms with van der Waals surface area (Å²) in [6.07, 6.45) is 0. The van der Waals surface area contributed by atoms with Crippen LogP contribution in [0.4, 0.5) is 5.69 Å². The lowest BCUT2D eigenvalue weighted by atomic mass is 10.1. The highest BCUT2D eigenvalue weighted by atomic mass is 35.5. The van der Waals surface area contributed by atoms with Crippen molar-refractivity contribution in [2.24, 2.45) is 0 Å². The third-order valence-corrected chi connectivity index (χ3v) is 5.92. The van der Waals surface area contributed by atoms with E-state index in [4.69, 9.17) is 23.2 Å². The lowest BCUT2D eigenvalue weighted by molar-refractivity contribution is 0.0951. The molecule has 8 heteroatoms. The number of amides is 1. The molecule has 2 N–H and O–H groups in total. The van der Waals surface area contributed by atoms with Gasteiger partial charge in [0.2, 0.25) is 0 Å². The smallest absolute Gasteiger partial charge is 0.261 e. The zero-order chi connectivity index (χ0) is 20.1. The van der Waals surface area contributed by atoms with Gasteiger partial charge in [-0.05, 0) is 54.1 Å². The number of rotatable bonds is 6. The van der Waals surface area contributed by atoms with Crippen molar-refractivity contribution in [2.75, 3.05) is 4.72 Å². The summed E-state index contributed by atoms with van der Waals surface area (Å²) >= 11 is 11.9. The Morgan fingerprint density at radius 3 is 2.32 bits per heavy atom. The first-order valence-electron chi connectivity index (χ1n) is 8.25. The molecule has 0 saturated heterocycles. The Labute approximate surface area is 173 Å². The van der Waals surface area contributed by atoms with E-state index in [0.717, 1.165) is 5.56 Å².